The molecule has 0 spiro atoms. The molecule has 4 fully saturated rings. The maximum atomic E-state index is 15.1. The summed E-state index contributed by atoms with van der Waals surface area (Å²) in [6, 6.07) is 3.41. The molecule has 5 rings (SSSR count). The number of halogens is 1. The average molecular weight is 750 g/mol. The molecule has 1 unspecified atom stereocenters. The van der Waals surface area contributed by atoms with Crippen LogP contribution in [0.4, 0.5) is 10.1 Å². The van der Waals surface area contributed by atoms with E-state index >= 15 is 4.39 Å². The summed E-state index contributed by atoms with van der Waals surface area (Å²) < 4.78 is 15.1. The van der Waals surface area contributed by atoms with E-state index in [0.717, 1.165) is 51.4 Å². The Labute approximate surface area is 319 Å². The molecule has 4 heterocycles. The first kappa shape index (κ1) is 48.0. The lowest BCUT2D eigenvalue weighted by Crippen LogP contribution is -2.61. The Morgan fingerprint density at radius 2 is 1.57 bits per heavy atom. The van der Waals surface area contributed by atoms with E-state index in [2.05, 4.69) is 34.0 Å². The zero-order chi connectivity index (χ0) is 39.9. The van der Waals surface area contributed by atoms with Crippen LogP contribution in [0.5, 0.6) is 0 Å². The van der Waals surface area contributed by atoms with Crippen LogP contribution in [0.15, 0.2) is 12.1 Å². The Bertz CT molecular complexity index is 1170. The predicted octanol–water partition coefficient (Wildman–Crippen LogP) is 3.75. The number of hydrogen-bond acceptors (Lipinski definition) is 10. The van der Waals surface area contributed by atoms with E-state index in [0.29, 0.717) is 43.3 Å². The zero-order valence-electron chi connectivity index (χ0n) is 34.1. The fourth-order valence-electron chi connectivity index (χ4n) is 7.02. The maximum Gasteiger partial charge on any atom is 0.254 e. The highest BCUT2D eigenvalue weighted by Crippen LogP contribution is 2.32. The largest absolute Gasteiger partial charge is 0.400 e. The van der Waals surface area contributed by atoms with Gasteiger partial charge in [-0.3, -0.25) is 19.3 Å². The lowest BCUT2D eigenvalue weighted by atomic mass is 9.92. The molecule has 4 aliphatic rings. The number of carbonyl (C=O) groups is 4. The van der Waals surface area contributed by atoms with Gasteiger partial charge < -0.3 is 40.6 Å². The van der Waals surface area contributed by atoms with Gasteiger partial charge in [0.15, 0.2) is 6.29 Å². The fraction of sp³-hybridized carbons (Fsp3) is 0.750. The molecule has 4 N–H and O–H groups in total. The third kappa shape index (κ3) is 16.1. The van der Waals surface area contributed by atoms with E-state index < -0.39 is 11.7 Å². The molecule has 13 heteroatoms. The molecule has 12 nitrogen and oxygen atoms in total. The van der Waals surface area contributed by atoms with Gasteiger partial charge in [-0.2, -0.15) is 0 Å². The summed E-state index contributed by atoms with van der Waals surface area (Å²) in [6.07, 6.45) is 10.4. The van der Waals surface area contributed by atoms with Gasteiger partial charge in [0.2, 0.25) is 6.41 Å². The van der Waals surface area contributed by atoms with Crippen molar-refractivity contribution in [1.29, 1.82) is 0 Å². The van der Waals surface area contributed by atoms with Gasteiger partial charge in [-0.1, -0.05) is 20.8 Å². The lowest BCUT2D eigenvalue weighted by Gasteiger charge is -2.49. The number of aliphatic hydroxyl groups excluding tert-OH is 1. The summed E-state index contributed by atoms with van der Waals surface area (Å²) in [5.74, 6) is 0.760. The molecular formula is C40H72FN7O5. The van der Waals surface area contributed by atoms with E-state index in [4.69, 9.17) is 15.6 Å². The quantitative estimate of drug-likeness (QED) is 0.287. The summed E-state index contributed by atoms with van der Waals surface area (Å²) in [7, 11) is 6.33. The number of hydrogen-bond donors (Lipinski definition) is 3. The molecule has 0 aromatic heterocycles. The van der Waals surface area contributed by atoms with Crippen molar-refractivity contribution in [3.8, 4) is 0 Å². The number of nitrogens with zero attached hydrogens (tertiary/aromatic N) is 5. The van der Waals surface area contributed by atoms with Crippen molar-refractivity contribution in [2.45, 2.75) is 97.2 Å². The smallest absolute Gasteiger partial charge is 0.254 e. The van der Waals surface area contributed by atoms with Crippen LogP contribution in [0.25, 0.3) is 0 Å². The first-order valence-electron chi connectivity index (χ1n) is 19.7. The molecule has 0 saturated carbocycles. The molecule has 1 aromatic carbocycles. The predicted molar refractivity (Wildman–Crippen MR) is 213 cm³/mol. The van der Waals surface area contributed by atoms with E-state index in [1.807, 2.05) is 25.7 Å². The normalized spacial score (nSPS) is 19.6. The number of aldehydes is 2. The summed E-state index contributed by atoms with van der Waals surface area (Å²) in [5.41, 5.74) is 6.33. The van der Waals surface area contributed by atoms with Gasteiger partial charge in [0.25, 0.3) is 5.91 Å². The molecule has 4 saturated heterocycles. The van der Waals surface area contributed by atoms with Gasteiger partial charge in [-0.05, 0) is 122 Å². The highest BCUT2D eigenvalue weighted by Gasteiger charge is 2.36. The molecule has 0 radical (unpaired) electrons. The van der Waals surface area contributed by atoms with Gasteiger partial charge in [-0.25, -0.2) is 4.39 Å². The van der Waals surface area contributed by atoms with E-state index in [-0.39, 0.29) is 17.2 Å². The van der Waals surface area contributed by atoms with Gasteiger partial charge in [0, 0.05) is 70.9 Å². The number of rotatable bonds is 11. The second-order valence-electron chi connectivity index (χ2n) is 14.6. The topological polar surface area (TPSA) is 143 Å². The monoisotopic (exact) mass is 750 g/mol. The maximum absolute atomic E-state index is 15.1. The van der Waals surface area contributed by atoms with Crippen LogP contribution in [0.2, 0.25) is 0 Å². The van der Waals surface area contributed by atoms with Crippen LogP contribution in [0.3, 0.4) is 0 Å². The van der Waals surface area contributed by atoms with Crippen LogP contribution in [-0.2, 0) is 9.59 Å². The summed E-state index contributed by atoms with van der Waals surface area (Å²) in [4.78, 5) is 55.5. The van der Waals surface area contributed by atoms with Gasteiger partial charge in [-0.15, -0.1) is 0 Å². The number of aliphatic hydroxyl groups is 1. The third-order valence-electron chi connectivity index (χ3n) is 10.8. The Morgan fingerprint density at radius 1 is 1.00 bits per heavy atom. The molecule has 2 amide bonds. The van der Waals surface area contributed by atoms with Crippen molar-refractivity contribution < 1.29 is 28.7 Å². The Balaban J connectivity index is 0.000000736. The highest BCUT2D eigenvalue weighted by molar-refractivity contribution is 6.02. The molecule has 304 valence electrons. The van der Waals surface area contributed by atoms with Crippen molar-refractivity contribution >= 4 is 30.6 Å². The second kappa shape index (κ2) is 26.7. The number of nitrogens with two attached hydrogens (primary N) is 1. The van der Waals surface area contributed by atoms with Crippen LogP contribution in [0.1, 0.15) is 99.8 Å². The lowest BCUT2D eigenvalue weighted by molar-refractivity contribution is -0.109. The van der Waals surface area contributed by atoms with Crippen LogP contribution in [-0.4, -0.2) is 155 Å². The van der Waals surface area contributed by atoms with Crippen molar-refractivity contribution in [3.05, 3.63) is 29.1 Å². The number of benzene rings is 1. The van der Waals surface area contributed by atoms with Crippen molar-refractivity contribution in [3.63, 3.8) is 0 Å². The second-order valence-corrected chi connectivity index (χ2v) is 14.6. The molecule has 53 heavy (non-hydrogen) atoms. The van der Waals surface area contributed by atoms with Gasteiger partial charge >= 0.3 is 0 Å². The zero-order valence-corrected chi connectivity index (χ0v) is 34.1. The minimum absolute atomic E-state index is 0.0685. The van der Waals surface area contributed by atoms with E-state index in [9.17, 15) is 14.4 Å². The SMILES string of the molecule is CC.CC1CCN(CC2CCN(C3CN(c4cc(C=O)c(C(=O)N(C)C(C)CCC=O)cc4F)C3)CC2)CC1.CN1CCC(N)CC1.CNC=O.CO. The van der Waals surface area contributed by atoms with E-state index in [1.54, 1.807) is 14.1 Å². The molecule has 0 aliphatic carbocycles. The minimum Gasteiger partial charge on any atom is -0.400 e. The minimum atomic E-state index is -0.476. The molecular weight excluding hydrogens is 677 g/mol. The number of nitrogens with one attached hydrogen (secondary N) is 1. The first-order valence-corrected chi connectivity index (χ1v) is 19.7. The number of amides is 2. The summed E-state index contributed by atoms with van der Waals surface area (Å²) in [6.45, 7) is 17.9. The van der Waals surface area contributed by atoms with Crippen molar-refractivity contribution in [1.82, 2.24) is 24.9 Å². The van der Waals surface area contributed by atoms with Crippen LogP contribution >= 0.6 is 0 Å². The van der Waals surface area contributed by atoms with Gasteiger partial charge in [0.1, 0.15) is 12.1 Å². The Hall–Kier alpha value is -2.97. The summed E-state index contributed by atoms with van der Waals surface area (Å²) in [5, 5.41) is 9.25. The molecule has 0 bridgehead atoms. The van der Waals surface area contributed by atoms with E-state index in [1.165, 1.54) is 88.3 Å². The van der Waals surface area contributed by atoms with Crippen LogP contribution in [0, 0.1) is 17.7 Å². The highest BCUT2D eigenvalue weighted by atomic mass is 19.1. The molecule has 1 aromatic rings. The fourth-order valence-corrected chi connectivity index (χ4v) is 7.02. The first-order chi connectivity index (χ1) is 25.5. The number of anilines is 1. The number of carbonyl (C=O) groups excluding carboxylic acids is 4. The number of piperidine rings is 3. The standard InChI is InChI=1S/C29H43FN4O3.C6H14N2.C2H5NO.C2H6.CH4O/c1-21-6-10-32(11-7-21)17-23-8-12-33(13-9-23)25-18-34(19-25)28-15-24(20-36)26(16-27(28)30)29(37)31(3)22(2)5-4-14-35;1-8-4-2-6(7)3-5-8;1-3-2-4;2*1-2/h14-16,20-23,25H,4-13,17-19H2,1-3H3;6H,2-5,7H2,1H3;2H,1H3,(H,3,4);1-2H3;2H,1H3. The Morgan fingerprint density at radius 3 is 2.06 bits per heavy atom. The number of likely N-dealkylation sites (tertiary alicyclic amines) is 3. The third-order valence-corrected chi connectivity index (χ3v) is 10.8. The molecule has 1 atom stereocenters. The molecule has 4 aliphatic heterocycles. The Kier molecular flexibility index (Phi) is 24.2. The van der Waals surface area contributed by atoms with Crippen molar-refractivity contribution in [2.75, 3.05) is 92.1 Å². The van der Waals surface area contributed by atoms with Crippen LogP contribution < -0.4 is 16.0 Å². The van der Waals surface area contributed by atoms with Crippen molar-refractivity contribution in [2.24, 2.45) is 17.6 Å². The van der Waals surface area contributed by atoms with Gasteiger partial charge in [0.05, 0.1) is 11.3 Å². The average Bonchev–Trinajstić information content (AvgIpc) is 3.17. The summed E-state index contributed by atoms with van der Waals surface area (Å²) >= 11 is 0.